The van der Waals surface area contributed by atoms with E-state index in [0.29, 0.717) is 13.2 Å². The summed E-state index contributed by atoms with van der Waals surface area (Å²) in [6.07, 6.45) is 0. The Hall–Kier alpha value is -0.830. The van der Waals surface area contributed by atoms with Gasteiger partial charge in [-0.25, -0.2) is 0 Å². The van der Waals surface area contributed by atoms with E-state index in [-0.39, 0.29) is 29.5 Å². The second kappa shape index (κ2) is 9.34. The molecule has 0 aliphatic heterocycles. The van der Waals surface area contributed by atoms with Gasteiger partial charge in [-0.3, -0.25) is 9.67 Å². The van der Waals surface area contributed by atoms with Crippen LogP contribution in [0.15, 0.2) is 4.99 Å². The normalized spacial score (nSPS) is 12.0. The highest BCUT2D eigenvalue weighted by Gasteiger charge is 2.14. The third-order valence-corrected chi connectivity index (χ3v) is 3.19. The van der Waals surface area contributed by atoms with Gasteiger partial charge in [-0.1, -0.05) is 0 Å². The number of aromatic nitrogens is 2. The summed E-state index contributed by atoms with van der Waals surface area (Å²) in [4.78, 5) is 4.25. The quantitative estimate of drug-likeness (QED) is 0.433. The molecule has 1 heterocycles. The van der Waals surface area contributed by atoms with Crippen LogP contribution in [-0.4, -0.2) is 42.0 Å². The summed E-state index contributed by atoms with van der Waals surface area (Å²) in [6.45, 7) is 12.6. The number of guanidine groups is 1. The van der Waals surface area contributed by atoms with Crippen LogP contribution in [0.5, 0.6) is 0 Å². The van der Waals surface area contributed by atoms with Crippen molar-refractivity contribution in [3.05, 3.63) is 17.0 Å². The average Bonchev–Trinajstić information content (AvgIpc) is 2.66. The van der Waals surface area contributed by atoms with Crippen molar-refractivity contribution in [2.75, 3.05) is 20.8 Å². The van der Waals surface area contributed by atoms with E-state index in [1.807, 2.05) is 11.6 Å². The zero-order valence-electron chi connectivity index (χ0n) is 14.8. The molecular formula is C15H30IN5O. The molecule has 2 N–H and O–H groups in total. The van der Waals surface area contributed by atoms with Crippen molar-refractivity contribution in [2.24, 2.45) is 4.99 Å². The lowest BCUT2D eigenvalue weighted by molar-refractivity contribution is 0.182. The van der Waals surface area contributed by atoms with Gasteiger partial charge in [0, 0.05) is 37.5 Å². The van der Waals surface area contributed by atoms with Crippen LogP contribution in [0.4, 0.5) is 0 Å². The number of ether oxygens (including phenoxy) is 1. The van der Waals surface area contributed by atoms with Gasteiger partial charge in [-0.05, 0) is 34.6 Å². The molecule has 0 bridgehead atoms. The number of aliphatic imine (C=N–C) groups is 1. The molecule has 0 aromatic carbocycles. The Morgan fingerprint density at radius 1 is 1.32 bits per heavy atom. The molecule has 7 heteroatoms. The molecule has 6 nitrogen and oxygen atoms in total. The van der Waals surface area contributed by atoms with Crippen LogP contribution in [0.2, 0.25) is 0 Å². The van der Waals surface area contributed by atoms with E-state index >= 15 is 0 Å². The molecule has 0 aliphatic carbocycles. The van der Waals surface area contributed by atoms with Crippen LogP contribution >= 0.6 is 24.0 Å². The first-order valence-corrected chi connectivity index (χ1v) is 7.29. The van der Waals surface area contributed by atoms with E-state index in [1.165, 1.54) is 11.3 Å². The molecule has 1 aromatic heterocycles. The third-order valence-electron chi connectivity index (χ3n) is 3.19. The van der Waals surface area contributed by atoms with E-state index in [2.05, 4.69) is 48.4 Å². The number of halogens is 1. The molecule has 0 atom stereocenters. The lowest BCUT2D eigenvalue weighted by atomic mass is 10.1. The van der Waals surface area contributed by atoms with Gasteiger partial charge >= 0.3 is 0 Å². The summed E-state index contributed by atoms with van der Waals surface area (Å²) < 4.78 is 7.11. The van der Waals surface area contributed by atoms with Crippen LogP contribution < -0.4 is 10.6 Å². The lowest BCUT2D eigenvalue weighted by Crippen LogP contribution is -2.47. The van der Waals surface area contributed by atoms with E-state index in [4.69, 9.17) is 4.74 Å². The van der Waals surface area contributed by atoms with Crippen LogP contribution in [0.3, 0.4) is 0 Å². The van der Waals surface area contributed by atoms with E-state index in [1.54, 1.807) is 14.2 Å². The van der Waals surface area contributed by atoms with Gasteiger partial charge in [0.2, 0.25) is 0 Å². The number of hydrogen-bond donors (Lipinski definition) is 2. The lowest BCUT2D eigenvalue weighted by Gasteiger charge is -2.23. The molecule has 0 amide bonds. The van der Waals surface area contributed by atoms with Gasteiger partial charge < -0.3 is 15.4 Å². The topological polar surface area (TPSA) is 63.5 Å². The highest BCUT2D eigenvalue weighted by molar-refractivity contribution is 14.0. The van der Waals surface area contributed by atoms with Crippen LogP contribution in [0, 0.1) is 13.8 Å². The summed E-state index contributed by atoms with van der Waals surface area (Å²) in [5, 5.41) is 11.3. The van der Waals surface area contributed by atoms with Gasteiger partial charge in [-0.2, -0.15) is 5.10 Å². The Morgan fingerprint density at radius 2 is 1.95 bits per heavy atom. The third kappa shape index (κ3) is 6.51. The van der Waals surface area contributed by atoms with E-state index < -0.39 is 0 Å². The molecule has 0 spiro atoms. The molecule has 0 saturated carbocycles. The highest BCUT2D eigenvalue weighted by atomic mass is 127. The molecule has 1 aromatic rings. The maximum atomic E-state index is 5.11. The van der Waals surface area contributed by atoms with Crippen molar-refractivity contribution in [1.82, 2.24) is 20.4 Å². The molecule has 0 aliphatic rings. The van der Waals surface area contributed by atoms with Crippen molar-refractivity contribution in [3.8, 4) is 0 Å². The van der Waals surface area contributed by atoms with Gasteiger partial charge in [0.1, 0.15) is 0 Å². The second-order valence-electron chi connectivity index (χ2n) is 6.17. The van der Waals surface area contributed by atoms with Crippen LogP contribution in [0.25, 0.3) is 0 Å². The zero-order valence-corrected chi connectivity index (χ0v) is 17.1. The molecule has 128 valence electrons. The number of nitrogens with one attached hydrogen (secondary N) is 2. The standard InChI is InChI=1S/C15H29N5O.HI/c1-11-13(12(2)20(19-11)8-9-21-7)10-17-14(16-6)18-15(3,4)5;/h8-10H2,1-7H3,(H2,16,17,18);1H. The zero-order chi connectivity index (χ0) is 16.0. The fraction of sp³-hybridized carbons (Fsp3) is 0.733. The molecule has 0 fully saturated rings. The first-order chi connectivity index (χ1) is 9.78. The Balaban J connectivity index is 0.00000441. The largest absolute Gasteiger partial charge is 0.383 e. The van der Waals surface area contributed by atoms with Gasteiger partial charge in [0.05, 0.1) is 18.8 Å². The van der Waals surface area contributed by atoms with Crippen molar-refractivity contribution in [2.45, 2.75) is 53.2 Å². The molecule has 0 saturated heterocycles. The number of nitrogens with zero attached hydrogens (tertiary/aromatic N) is 3. The molecule has 1 rings (SSSR count). The summed E-state index contributed by atoms with van der Waals surface area (Å²) in [7, 11) is 3.49. The van der Waals surface area contributed by atoms with Gasteiger partial charge in [-0.15, -0.1) is 24.0 Å². The fourth-order valence-electron chi connectivity index (χ4n) is 2.09. The monoisotopic (exact) mass is 423 g/mol. The van der Waals surface area contributed by atoms with Gasteiger partial charge in [0.25, 0.3) is 0 Å². The molecule has 22 heavy (non-hydrogen) atoms. The summed E-state index contributed by atoms with van der Waals surface area (Å²) in [6, 6.07) is 0. The van der Waals surface area contributed by atoms with Crippen molar-refractivity contribution in [3.63, 3.8) is 0 Å². The number of rotatable bonds is 5. The Labute approximate surface area is 151 Å². The minimum absolute atomic E-state index is 0. The van der Waals surface area contributed by atoms with Gasteiger partial charge in [0.15, 0.2) is 5.96 Å². The SMILES string of the molecule is CN=C(NCc1c(C)nn(CCOC)c1C)NC(C)(C)C.I. The second-order valence-corrected chi connectivity index (χ2v) is 6.17. The minimum Gasteiger partial charge on any atom is -0.383 e. The van der Waals surface area contributed by atoms with Crippen LogP contribution in [0.1, 0.15) is 37.7 Å². The van der Waals surface area contributed by atoms with Crippen molar-refractivity contribution in [1.29, 1.82) is 0 Å². The average molecular weight is 423 g/mol. The number of hydrogen-bond acceptors (Lipinski definition) is 3. The molecule has 0 radical (unpaired) electrons. The predicted molar refractivity (Wildman–Crippen MR) is 102 cm³/mol. The van der Waals surface area contributed by atoms with Crippen molar-refractivity contribution < 1.29 is 4.74 Å². The summed E-state index contributed by atoms with van der Waals surface area (Å²) >= 11 is 0. The number of aryl methyl sites for hydroxylation is 1. The Bertz CT molecular complexity index is 491. The van der Waals surface area contributed by atoms with E-state index in [9.17, 15) is 0 Å². The molecule has 0 unspecified atom stereocenters. The Morgan fingerprint density at radius 3 is 2.45 bits per heavy atom. The first-order valence-electron chi connectivity index (χ1n) is 7.29. The van der Waals surface area contributed by atoms with E-state index in [0.717, 1.165) is 18.2 Å². The maximum absolute atomic E-state index is 5.11. The maximum Gasteiger partial charge on any atom is 0.191 e. The van der Waals surface area contributed by atoms with Crippen LogP contribution in [-0.2, 0) is 17.8 Å². The Kier molecular flexibility index (Phi) is 8.99. The molecular weight excluding hydrogens is 393 g/mol. The first kappa shape index (κ1) is 21.2. The predicted octanol–water partition coefficient (Wildman–Crippen LogP) is 2.23. The smallest absolute Gasteiger partial charge is 0.191 e. The number of methoxy groups -OCH3 is 1. The fourth-order valence-corrected chi connectivity index (χ4v) is 2.09. The summed E-state index contributed by atoms with van der Waals surface area (Å²) in [5.74, 6) is 0.797. The summed E-state index contributed by atoms with van der Waals surface area (Å²) in [5.41, 5.74) is 3.41. The highest BCUT2D eigenvalue weighted by Crippen LogP contribution is 2.12. The minimum atomic E-state index is -0.0193. The van der Waals surface area contributed by atoms with Crippen molar-refractivity contribution >= 4 is 29.9 Å².